The van der Waals surface area contributed by atoms with Crippen LogP contribution in [0.4, 0.5) is 0 Å². The lowest BCUT2D eigenvalue weighted by Gasteiger charge is -2.28. The minimum Gasteiger partial charge on any atom is -0.458 e. The van der Waals surface area contributed by atoms with Crippen LogP contribution < -0.4 is 0 Å². The molecule has 0 amide bonds. The highest BCUT2D eigenvalue weighted by atomic mass is 16.6. The molecule has 0 radical (unpaired) electrons. The zero-order valence-electron chi connectivity index (χ0n) is 14.1. The highest BCUT2D eigenvalue weighted by molar-refractivity contribution is 5.91. The summed E-state index contributed by atoms with van der Waals surface area (Å²) in [5.74, 6) is -2.75. The van der Waals surface area contributed by atoms with E-state index in [4.69, 9.17) is 9.47 Å². The molecule has 0 aromatic rings. The number of fused-ring (bicyclic) bond motifs is 3. The Morgan fingerprint density at radius 1 is 1.20 bits per heavy atom. The average Bonchev–Trinajstić information content (AvgIpc) is 2.90. The number of esters is 2. The Balaban J connectivity index is 2.03. The highest BCUT2D eigenvalue weighted by Gasteiger charge is 2.59. The van der Waals surface area contributed by atoms with Gasteiger partial charge in [-0.25, -0.2) is 9.59 Å². The van der Waals surface area contributed by atoms with Gasteiger partial charge >= 0.3 is 11.9 Å². The molecule has 6 heteroatoms. The standard InChI is InChI=1S/C19H22O6/c1-7(2)18(22)24-11-6-8(3)12-14(9(4)15(20)16(12)21)17-13(11)10(5)19(23)25-17/h11-17,20-21H,1,3-6H2,2H3/t11-,12-,13+,14-,15+,16+,17-/m0/s1. The molecule has 134 valence electrons. The fraction of sp³-hybridized carbons (Fsp3) is 0.474. The second kappa shape index (κ2) is 5.97. The van der Waals surface area contributed by atoms with Crippen LogP contribution >= 0.6 is 0 Å². The van der Waals surface area contributed by atoms with Crippen LogP contribution in [0.2, 0.25) is 0 Å². The van der Waals surface area contributed by atoms with Gasteiger partial charge in [-0.3, -0.25) is 0 Å². The molecule has 3 aliphatic rings. The van der Waals surface area contributed by atoms with Gasteiger partial charge in [-0.2, -0.15) is 0 Å². The average molecular weight is 346 g/mol. The fourth-order valence-corrected chi connectivity index (χ4v) is 4.18. The first kappa shape index (κ1) is 17.6. The molecule has 2 N–H and O–H groups in total. The van der Waals surface area contributed by atoms with Crippen molar-refractivity contribution >= 4 is 11.9 Å². The van der Waals surface area contributed by atoms with Gasteiger partial charge in [-0.1, -0.05) is 31.9 Å². The van der Waals surface area contributed by atoms with Gasteiger partial charge < -0.3 is 19.7 Å². The summed E-state index contributed by atoms with van der Waals surface area (Å²) < 4.78 is 11.0. The normalized spacial score (nSPS) is 40.2. The third-order valence-electron chi connectivity index (χ3n) is 5.44. The summed E-state index contributed by atoms with van der Waals surface area (Å²) in [6, 6.07) is 0. The van der Waals surface area contributed by atoms with Crippen LogP contribution in [0.5, 0.6) is 0 Å². The molecule has 3 rings (SSSR count). The smallest absolute Gasteiger partial charge is 0.334 e. The van der Waals surface area contributed by atoms with E-state index >= 15 is 0 Å². The van der Waals surface area contributed by atoms with Crippen LogP contribution in [0.15, 0.2) is 48.6 Å². The van der Waals surface area contributed by atoms with E-state index in [0.29, 0.717) is 11.1 Å². The van der Waals surface area contributed by atoms with Gasteiger partial charge in [0.15, 0.2) is 0 Å². The molecule has 0 spiro atoms. The Bertz CT molecular complexity index is 705. The lowest BCUT2D eigenvalue weighted by Crippen LogP contribution is -2.36. The number of aliphatic hydroxyl groups is 2. The molecule has 7 atom stereocenters. The van der Waals surface area contributed by atoms with Crippen LogP contribution in [-0.2, 0) is 19.1 Å². The second-order valence-corrected chi connectivity index (χ2v) is 7.07. The number of aliphatic hydroxyl groups excluding tert-OH is 2. The zero-order chi connectivity index (χ0) is 18.6. The molecule has 2 saturated carbocycles. The van der Waals surface area contributed by atoms with Crippen molar-refractivity contribution in [1.82, 2.24) is 0 Å². The van der Waals surface area contributed by atoms with E-state index in [2.05, 4.69) is 26.3 Å². The van der Waals surface area contributed by atoms with Crippen LogP contribution in [0.25, 0.3) is 0 Å². The Morgan fingerprint density at radius 3 is 2.44 bits per heavy atom. The maximum absolute atomic E-state index is 12.1. The van der Waals surface area contributed by atoms with Crippen molar-refractivity contribution in [3.63, 3.8) is 0 Å². The summed E-state index contributed by atoms with van der Waals surface area (Å²) >= 11 is 0. The van der Waals surface area contributed by atoms with E-state index in [1.165, 1.54) is 6.92 Å². The fourth-order valence-electron chi connectivity index (χ4n) is 4.18. The molecule has 1 saturated heterocycles. The Labute approximate surface area is 146 Å². The van der Waals surface area contributed by atoms with Crippen molar-refractivity contribution in [2.75, 3.05) is 0 Å². The number of ether oxygens (including phenoxy) is 2. The van der Waals surface area contributed by atoms with Crippen molar-refractivity contribution < 1.29 is 29.3 Å². The van der Waals surface area contributed by atoms with E-state index in [9.17, 15) is 19.8 Å². The monoisotopic (exact) mass is 346 g/mol. The third kappa shape index (κ3) is 2.56. The highest BCUT2D eigenvalue weighted by Crippen LogP contribution is 2.52. The van der Waals surface area contributed by atoms with Crippen LogP contribution in [0.1, 0.15) is 13.3 Å². The predicted molar refractivity (Wildman–Crippen MR) is 89.1 cm³/mol. The molecular weight excluding hydrogens is 324 g/mol. The second-order valence-electron chi connectivity index (χ2n) is 7.07. The van der Waals surface area contributed by atoms with E-state index < -0.39 is 54.1 Å². The summed E-state index contributed by atoms with van der Waals surface area (Å²) in [5, 5.41) is 20.6. The molecule has 2 aliphatic carbocycles. The lowest BCUT2D eigenvalue weighted by atomic mass is 9.81. The van der Waals surface area contributed by atoms with Crippen molar-refractivity contribution in [2.24, 2.45) is 17.8 Å². The van der Waals surface area contributed by atoms with Gasteiger partial charge in [0.25, 0.3) is 0 Å². The Morgan fingerprint density at radius 2 is 1.84 bits per heavy atom. The molecule has 0 aromatic carbocycles. The minimum atomic E-state index is -1.12. The molecule has 3 fully saturated rings. The summed E-state index contributed by atoms with van der Waals surface area (Å²) in [7, 11) is 0. The maximum Gasteiger partial charge on any atom is 0.334 e. The van der Waals surface area contributed by atoms with Crippen molar-refractivity contribution in [2.45, 2.75) is 37.8 Å². The van der Waals surface area contributed by atoms with Gasteiger partial charge in [0.2, 0.25) is 0 Å². The van der Waals surface area contributed by atoms with E-state index in [-0.39, 0.29) is 17.6 Å². The zero-order valence-corrected chi connectivity index (χ0v) is 14.1. The molecule has 0 aromatic heterocycles. The van der Waals surface area contributed by atoms with Gasteiger partial charge in [0, 0.05) is 29.4 Å². The molecule has 1 heterocycles. The summed E-state index contributed by atoms with van der Waals surface area (Å²) in [6.45, 7) is 16.8. The molecular formula is C19H22O6. The first-order chi connectivity index (χ1) is 11.6. The SMILES string of the molecule is C=C(C)C(=O)O[C@H]1CC(=C)[C@@H]2[C@@H](O)[C@H](O)C(=C)[C@@H]2[C@H]2OC(=O)C(=C)[C@@H]21. The van der Waals surface area contributed by atoms with E-state index in [1.54, 1.807) is 0 Å². The topological polar surface area (TPSA) is 93.1 Å². The Kier molecular flexibility index (Phi) is 4.21. The first-order valence-corrected chi connectivity index (χ1v) is 8.14. The molecule has 1 aliphatic heterocycles. The van der Waals surface area contributed by atoms with Crippen LogP contribution in [0.3, 0.4) is 0 Å². The maximum atomic E-state index is 12.1. The van der Waals surface area contributed by atoms with Gasteiger partial charge in [0.05, 0.1) is 12.0 Å². The molecule has 6 nitrogen and oxygen atoms in total. The van der Waals surface area contributed by atoms with Crippen molar-refractivity contribution in [3.8, 4) is 0 Å². The minimum absolute atomic E-state index is 0.210. The van der Waals surface area contributed by atoms with Gasteiger partial charge in [-0.15, -0.1) is 0 Å². The number of hydrogen-bond acceptors (Lipinski definition) is 6. The Hall–Kier alpha value is -2.18. The lowest BCUT2D eigenvalue weighted by molar-refractivity contribution is -0.148. The first-order valence-electron chi connectivity index (χ1n) is 8.14. The molecule has 0 unspecified atom stereocenters. The molecule has 0 bridgehead atoms. The van der Waals surface area contributed by atoms with E-state index in [1.807, 2.05) is 0 Å². The third-order valence-corrected chi connectivity index (χ3v) is 5.44. The largest absolute Gasteiger partial charge is 0.458 e. The number of rotatable bonds is 2. The quantitative estimate of drug-likeness (QED) is 0.441. The number of carbonyl (C=O) groups is 2. The van der Waals surface area contributed by atoms with Gasteiger partial charge in [0.1, 0.15) is 18.3 Å². The van der Waals surface area contributed by atoms with Crippen molar-refractivity contribution in [3.05, 3.63) is 48.6 Å². The summed E-state index contributed by atoms with van der Waals surface area (Å²) in [6.07, 6.45) is -3.40. The number of hydrogen-bond donors (Lipinski definition) is 2. The van der Waals surface area contributed by atoms with E-state index in [0.717, 1.165) is 0 Å². The summed E-state index contributed by atoms with van der Waals surface area (Å²) in [5.41, 5.74) is 1.46. The van der Waals surface area contributed by atoms with Crippen LogP contribution in [0, 0.1) is 17.8 Å². The summed E-state index contributed by atoms with van der Waals surface area (Å²) in [4.78, 5) is 24.1. The van der Waals surface area contributed by atoms with Crippen molar-refractivity contribution in [1.29, 1.82) is 0 Å². The number of carbonyl (C=O) groups excluding carboxylic acids is 2. The van der Waals surface area contributed by atoms with Gasteiger partial charge in [-0.05, 0) is 12.5 Å². The predicted octanol–water partition coefficient (Wildman–Crippen LogP) is 1.06. The molecule has 25 heavy (non-hydrogen) atoms. The van der Waals surface area contributed by atoms with Crippen LogP contribution in [-0.4, -0.2) is 46.6 Å².